The molecule has 8 heteroatoms. The Hall–Kier alpha value is -1.08. The number of anilines is 1. The largest absolute Gasteiger partial charge is 0.435 e. The van der Waals surface area contributed by atoms with Crippen LogP contribution in [-0.2, 0) is 6.18 Å². The minimum absolute atomic E-state index is 0.0724. The highest BCUT2D eigenvalue weighted by atomic mass is 35.5. The smallest absolute Gasteiger partial charge is 0.338 e. The Morgan fingerprint density at radius 3 is 2.53 bits per heavy atom. The van der Waals surface area contributed by atoms with Crippen molar-refractivity contribution in [3.63, 3.8) is 0 Å². The molecule has 1 N–H and O–H groups in total. The highest BCUT2D eigenvalue weighted by Crippen LogP contribution is 2.33. The van der Waals surface area contributed by atoms with Gasteiger partial charge in [0.05, 0.1) is 11.2 Å². The molecule has 1 saturated heterocycles. The summed E-state index contributed by atoms with van der Waals surface area (Å²) < 4.78 is 37.8. The van der Waals surface area contributed by atoms with Gasteiger partial charge >= 0.3 is 6.18 Å². The molecular weight excluding hydrogens is 257 g/mol. The van der Waals surface area contributed by atoms with Gasteiger partial charge in [-0.1, -0.05) is 11.6 Å². The highest BCUT2D eigenvalue weighted by molar-refractivity contribution is 6.31. The molecule has 0 radical (unpaired) electrons. The average molecular weight is 267 g/mol. The zero-order valence-corrected chi connectivity index (χ0v) is 9.52. The quantitative estimate of drug-likeness (QED) is 0.838. The van der Waals surface area contributed by atoms with E-state index in [1.807, 2.05) is 0 Å². The molecule has 0 atom stereocenters. The lowest BCUT2D eigenvalue weighted by atomic mass is 10.3. The summed E-state index contributed by atoms with van der Waals surface area (Å²) in [6.07, 6.45) is -3.56. The maximum absolute atomic E-state index is 12.6. The molecule has 1 fully saturated rings. The van der Waals surface area contributed by atoms with Crippen LogP contribution in [0.5, 0.6) is 0 Å². The van der Waals surface area contributed by atoms with Gasteiger partial charge in [0.1, 0.15) is 0 Å². The van der Waals surface area contributed by atoms with Gasteiger partial charge in [-0.2, -0.15) is 13.2 Å². The Labute approximate surface area is 101 Å². The zero-order chi connectivity index (χ0) is 12.5. The first kappa shape index (κ1) is 12.4. The number of nitrogens with zero attached hydrogens (tertiary/aromatic N) is 3. The molecule has 0 aromatic carbocycles. The summed E-state index contributed by atoms with van der Waals surface area (Å²) in [5, 5.41) is 2.62. The lowest BCUT2D eigenvalue weighted by molar-refractivity contribution is -0.141. The molecule has 1 aromatic heterocycles. The van der Waals surface area contributed by atoms with Gasteiger partial charge in [-0.25, -0.2) is 9.97 Å². The molecule has 0 aliphatic carbocycles. The number of rotatable bonds is 1. The maximum atomic E-state index is 12.6. The second-order valence-corrected chi connectivity index (χ2v) is 4.01. The van der Waals surface area contributed by atoms with Gasteiger partial charge in [0.15, 0.2) is 5.69 Å². The number of aromatic nitrogens is 2. The fraction of sp³-hybridized carbons (Fsp3) is 0.556. The van der Waals surface area contributed by atoms with Crippen LogP contribution < -0.4 is 10.2 Å². The van der Waals surface area contributed by atoms with Gasteiger partial charge in [-0.05, 0) is 0 Å². The van der Waals surface area contributed by atoms with Crippen LogP contribution in [0.15, 0.2) is 6.20 Å². The Morgan fingerprint density at radius 2 is 1.94 bits per heavy atom. The van der Waals surface area contributed by atoms with Crippen LogP contribution >= 0.6 is 11.6 Å². The average Bonchev–Trinajstić information content (AvgIpc) is 2.29. The van der Waals surface area contributed by atoms with E-state index in [0.717, 1.165) is 6.20 Å². The van der Waals surface area contributed by atoms with Crippen LogP contribution in [0.4, 0.5) is 19.1 Å². The number of alkyl halides is 3. The second-order valence-electron chi connectivity index (χ2n) is 3.60. The lowest BCUT2D eigenvalue weighted by Crippen LogP contribution is -2.44. The van der Waals surface area contributed by atoms with Crippen LogP contribution in [0.2, 0.25) is 5.02 Å². The van der Waals surface area contributed by atoms with E-state index in [1.165, 1.54) is 0 Å². The van der Waals surface area contributed by atoms with Gasteiger partial charge in [0.25, 0.3) is 0 Å². The molecule has 2 rings (SSSR count). The Balaban J connectivity index is 2.30. The summed E-state index contributed by atoms with van der Waals surface area (Å²) >= 11 is 5.44. The molecule has 0 unspecified atom stereocenters. The Morgan fingerprint density at radius 1 is 1.29 bits per heavy atom. The van der Waals surface area contributed by atoms with Crippen LogP contribution in [-0.4, -0.2) is 36.1 Å². The highest BCUT2D eigenvalue weighted by Gasteiger charge is 2.36. The normalized spacial score (nSPS) is 17.3. The third-order valence-corrected chi connectivity index (χ3v) is 2.68. The number of piperazine rings is 1. The lowest BCUT2D eigenvalue weighted by Gasteiger charge is -2.27. The summed E-state index contributed by atoms with van der Waals surface area (Å²) in [5.41, 5.74) is -1.08. The van der Waals surface area contributed by atoms with Crippen molar-refractivity contribution in [3.8, 4) is 0 Å². The summed E-state index contributed by atoms with van der Waals surface area (Å²) in [4.78, 5) is 9.03. The van der Waals surface area contributed by atoms with Crippen LogP contribution in [0.1, 0.15) is 5.69 Å². The van der Waals surface area contributed by atoms with Gasteiger partial charge in [-0.3, -0.25) is 0 Å². The van der Waals surface area contributed by atoms with Crippen molar-refractivity contribution in [2.45, 2.75) is 6.18 Å². The molecule has 0 spiro atoms. The molecule has 0 bridgehead atoms. The molecule has 1 aromatic rings. The summed E-state index contributed by atoms with van der Waals surface area (Å²) in [6, 6.07) is 0. The minimum Gasteiger partial charge on any atom is -0.338 e. The van der Waals surface area contributed by atoms with Gasteiger partial charge < -0.3 is 10.2 Å². The van der Waals surface area contributed by atoms with Crippen LogP contribution in [0.25, 0.3) is 0 Å². The van der Waals surface area contributed by atoms with Crippen molar-refractivity contribution in [2.24, 2.45) is 0 Å². The van der Waals surface area contributed by atoms with Gasteiger partial charge in [-0.15, -0.1) is 0 Å². The topological polar surface area (TPSA) is 41.1 Å². The molecular formula is C9H10ClF3N4. The number of halogens is 4. The molecule has 94 valence electrons. The molecule has 4 nitrogen and oxygen atoms in total. The van der Waals surface area contributed by atoms with E-state index in [1.54, 1.807) is 4.90 Å². The van der Waals surface area contributed by atoms with E-state index in [-0.39, 0.29) is 5.95 Å². The van der Waals surface area contributed by atoms with E-state index < -0.39 is 16.9 Å². The summed E-state index contributed by atoms with van der Waals surface area (Å²) in [6.45, 7) is 2.57. The fourth-order valence-electron chi connectivity index (χ4n) is 1.57. The van der Waals surface area contributed by atoms with Crippen molar-refractivity contribution >= 4 is 17.5 Å². The molecule has 0 saturated carbocycles. The van der Waals surface area contributed by atoms with Crippen molar-refractivity contribution in [1.29, 1.82) is 0 Å². The Kier molecular flexibility index (Phi) is 3.39. The van der Waals surface area contributed by atoms with Crippen molar-refractivity contribution < 1.29 is 13.2 Å². The van der Waals surface area contributed by atoms with E-state index in [2.05, 4.69) is 15.3 Å². The van der Waals surface area contributed by atoms with Crippen LogP contribution in [0, 0.1) is 0 Å². The van der Waals surface area contributed by atoms with E-state index in [0.29, 0.717) is 26.2 Å². The monoisotopic (exact) mass is 266 g/mol. The Bertz CT molecular complexity index is 404. The third kappa shape index (κ3) is 2.78. The van der Waals surface area contributed by atoms with E-state index in [4.69, 9.17) is 11.6 Å². The first-order chi connectivity index (χ1) is 7.98. The molecule has 1 aliphatic heterocycles. The first-order valence-corrected chi connectivity index (χ1v) is 5.41. The predicted octanol–water partition coefficient (Wildman–Crippen LogP) is 1.56. The molecule has 17 heavy (non-hydrogen) atoms. The van der Waals surface area contributed by atoms with E-state index in [9.17, 15) is 13.2 Å². The minimum atomic E-state index is -4.55. The summed E-state index contributed by atoms with van der Waals surface area (Å²) in [5.74, 6) is 0.0724. The van der Waals surface area contributed by atoms with Crippen molar-refractivity contribution in [3.05, 3.63) is 16.9 Å². The van der Waals surface area contributed by atoms with Gasteiger partial charge in [0, 0.05) is 26.2 Å². The molecule has 0 amide bonds. The summed E-state index contributed by atoms with van der Waals surface area (Å²) in [7, 11) is 0. The standard InChI is InChI=1S/C9H10ClF3N4/c10-6-5-15-8(16-7(6)9(11,12)13)17-3-1-14-2-4-17/h5,14H,1-4H2. The predicted molar refractivity (Wildman–Crippen MR) is 57.1 cm³/mol. The van der Waals surface area contributed by atoms with Crippen molar-refractivity contribution in [2.75, 3.05) is 31.1 Å². The molecule has 1 aliphatic rings. The van der Waals surface area contributed by atoms with Crippen LogP contribution in [0.3, 0.4) is 0 Å². The third-order valence-electron chi connectivity index (χ3n) is 2.40. The first-order valence-electron chi connectivity index (χ1n) is 5.04. The number of hydrogen-bond donors (Lipinski definition) is 1. The number of hydrogen-bond acceptors (Lipinski definition) is 4. The fourth-order valence-corrected chi connectivity index (χ4v) is 1.77. The van der Waals surface area contributed by atoms with E-state index >= 15 is 0 Å². The van der Waals surface area contributed by atoms with Gasteiger partial charge in [0.2, 0.25) is 5.95 Å². The molecule has 2 heterocycles. The maximum Gasteiger partial charge on any atom is 0.435 e. The zero-order valence-electron chi connectivity index (χ0n) is 8.76. The number of nitrogens with one attached hydrogen (secondary N) is 1. The van der Waals surface area contributed by atoms with Crippen molar-refractivity contribution in [1.82, 2.24) is 15.3 Å². The second kappa shape index (κ2) is 4.66. The SMILES string of the molecule is FC(F)(F)c1nc(N2CCNCC2)ncc1Cl.